The highest BCUT2D eigenvalue weighted by Crippen LogP contribution is 2.36. The van der Waals surface area contributed by atoms with Gasteiger partial charge in [0.05, 0.1) is 22.5 Å². The zero-order valence-electron chi connectivity index (χ0n) is 20.6. The van der Waals surface area contributed by atoms with Crippen LogP contribution in [-0.4, -0.2) is 50.5 Å². The van der Waals surface area contributed by atoms with Crippen LogP contribution in [0.5, 0.6) is 0 Å². The number of halogens is 5. The Bertz CT molecular complexity index is 1240. The van der Waals surface area contributed by atoms with Crippen molar-refractivity contribution in [3.8, 4) is 0 Å². The van der Waals surface area contributed by atoms with Crippen LogP contribution < -0.4 is 9.62 Å². The molecule has 0 saturated heterocycles. The molecule has 0 aliphatic rings. The van der Waals surface area contributed by atoms with Crippen molar-refractivity contribution < 1.29 is 31.2 Å². The van der Waals surface area contributed by atoms with Gasteiger partial charge in [0.2, 0.25) is 21.8 Å². The third-order valence-corrected chi connectivity index (χ3v) is 7.00. The van der Waals surface area contributed by atoms with Crippen molar-refractivity contribution in [2.75, 3.05) is 23.7 Å². The molecule has 37 heavy (non-hydrogen) atoms. The van der Waals surface area contributed by atoms with Crippen molar-refractivity contribution in [3.63, 3.8) is 0 Å². The summed E-state index contributed by atoms with van der Waals surface area (Å²) in [6.45, 7) is 4.61. The highest BCUT2D eigenvalue weighted by atomic mass is 35.5. The zero-order chi connectivity index (χ0) is 28.1. The number of amides is 2. The third kappa shape index (κ3) is 8.79. The van der Waals surface area contributed by atoms with Gasteiger partial charge in [-0.3, -0.25) is 13.9 Å². The normalized spacial score (nSPS) is 12.8. The predicted molar refractivity (Wildman–Crippen MR) is 138 cm³/mol. The Hall–Kier alpha value is -2.50. The maximum absolute atomic E-state index is 13.5. The highest BCUT2D eigenvalue weighted by Gasteiger charge is 2.34. The molecular weight excluding hydrogens is 554 g/mol. The third-order valence-electron chi connectivity index (χ3n) is 5.32. The largest absolute Gasteiger partial charge is 0.416 e. The quantitative estimate of drug-likeness (QED) is 0.429. The van der Waals surface area contributed by atoms with Crippen LogP contribution in [0.15, 0.2) is 42.5 Å². The monoisotopic (exact) mass is 581 g/mol. The molecule has 0 bridgehead atoms. The maximum Gasteiger partial charge on any atom is 0.416 e. The number of carbonyl (C=O) groups is 2. The number of alkyl halides is 3. The lowest BCUT2D eigenvalue weighted by Crippen LogP contribution is -2.51. The van der Waals surface area contributed by atoms with Crippen LogP contribution in [0.25, 0.3) is 0 Å². The second-order valence-electron chi connectivity index (χ2n) is 8.90. The molecule has 0 aromatic heterocycles. The lowest BCUT2D eigenvalue weighted by Gasteiger charge is -2.32. The second kappa shape index (κ2) is 12.4. The lowest BCUT2D eigenvalue weighted by molar-refractivity contribution is -0.139. The Morgan fingerprint density at radius 2 is 1.70 bits per heavy atom. The van der Waals surface area contributed by atoms with E-state index < -0.39 is 51.9 Å². The number of benzene rings is 2. The molecule has 2 amide bonds. The van der Waals surface area contributed by atoms with Gasteiger partial charge < -0.3 is 10.2 Å². The zero-order valence-corrected chi connectivity index (χ0v) is 23.0. The number of nitrogens with one attached hydrogen (secondary N) is 1. The molecule has 1 atom stereocenters. The van der Waals surface area contributed by atoms with Gasteiger partial charge in [0, 0.05) is 18.1 Å². The van der Waals surface area contributed by atoms with Crippen molar-refractivity contribution in [2.45, 2.75) is 39.5 Å². The molecule has 13 heteroatoms. The van der Waals surface area contributed by atoms with Crippen molar-refractivity contribution >= 4 is 50.7 Å². The van der Waals surface area contributed by atoms with Crippen LogP contribution in [0.4, 0.5) is 18.9 Å². The van der Waals surface area contributed by atoms with Crippen molar-refractivity contribution in [2.24, 2.45) is 5.92 Å². The summed E-state index contributed by atoms with van der Waals surface area (Å²) >= 11 is 12.1. The molecule has 204 valence electrons. The Kier molecular flexibility index (Phi) is 10.3. The molecule has 0 heterocycles. The number of rotatable bonds is 10. The predicted octanol–water partition coefficient (Wildman–Crippen LogP) is 4.97. The summed E-state index contributed by atoms with van der Waals surface area (Å²) in [5.74, 6) is -1.17. The van der Waals surface area contributed by atoms with Gasteiger partial charge in [-0.05, 0) is 48.7 Å². The molecule has 0 spiro atoms. The van der Waals surface area contributed by atoms with E-state index in [0.717, 1.165) is 17.2 Å². The van der Waals surface area contributed by atoms with E-state index >= 15 is 0 Å². The summed E-state index contributed by atoms with van der Waals surface area (Å²) in [5.41, 5.74) is -1.08. The summed E-state index contributed by atoms with van der Waals surface area (Å²) in [6.07, 6.45) is -4.02. The minimum atomic E-state index is -4.77. The fourth-order valence-electron chi connectivity index (χ4n) is 3.34. The first-order valence-corrected chi connectivity index (χ1v) is 13.8. The maximum atomic E-state index is 13.5. The molecule has 0 saturated carbocycles. The first-order valence-electron chi connectivity index (χ1n) is 11.2. The van der Waals surface area contributed by atoms with E-state index in [9.17, 15) is 31.2 Å². The molecule has 0 aliphatic heterocycles. The topological polar surface area (TPSA) is 86.8 Å². The number of nitrogens with zero attached hydrogens (tertiary/aromatic N) is 2. The first-order chi connectivity index (χ1) is 17.0. The highest BCUT2D eigenvalue weighted by molar-refractivity contribution is 7.92. The molecule has 2 rings (SSSR count). The lowest BCUT2D eigenvalue weighted by atomic mass is 10.1. The van der Waals surface area contributed by atoms with Gasteiger partial charge in [0.15, 0.2) is 0 Å². The van der Waals surface area contributed by atoms with E-state index in [1.807, 2.05) is 13.8 Å². The van der Waals surface area contributed by atoms with Crippen LogP contribution in [0.1, 0.15) is 31.9 Å². The minimum absolute atomic E-state index is 0.108. The summed E-state index contributed by atoms with van der Waals surface area (Å²) in [4.78, 5) is 27.4. The standard InChI is InChI=1S/C24H28Cl2F3N3O4S/c1-15(2)12-30-23(34)16(3)31(13-17-6-5-7-19(25)10-17)22(33)14-32(37(4,35)36)21-11-18(24(27,28)29)8-9-20(21)26/h5-11,15-16H,12-14H2,1-4H3,(H,30,34)/t16-/m1/s1. The van der Waals surface area contributed by atoms with Gasteiger partial charge in [0.1, 0.15) is 12.6 Å². The first kappa shape index (κ1) is 30.7. The van der Waals surface area contributed by atoms with Gasteiger partial charge in [0.25, 0.3) is 0 Å². The van der Waals surface area contributed by atoms with E-state index in [1.54, 1.807) is 24.3 Å². The molecule has 0 radical (unpaired) electrons. The van der Waals surface area contributed by atoms with E-state index in [1.165, 1.54) is 6.92 Å². The van der Waals surface area contributed by atoms with E-state index in [-0.39, 0.29) is 17.5 Å². The van der Waals surface area contributed by atoms with Crippen LogP contribution in [0.2, 0.25) is 10.0 Å². The average Bonchev–Trinajstić information content (AvgIpc) is 2.78. The van der Waals surface area contributed by atoms with Crippen molar-refractivity contribution in [1.29, 1.82) is 0 Å². The van der Waals surface area contributed by atoms with Gasteiger partial charge in [-0.15, -0.1) is 0 Å². The molecule has 0 aliphatic carbocycles. The Morgan fingerprint density at radius 1 is 1.05 bits per heavy atom. The Balaban J connectivity index is 2.48. The van der Waals surface area contributed by atoms with Gasteiger partial charge in [-0.2, -0.15) is 13.2 Å². The summed E-state index contributed by atoms with van der Waals surface area (Å²) < 4.78 is 65.6. The fourth-order valence-corrected chi connectivity index (χ4v) is 4.68. The Morgan fingerprint density at radius 3 is 2.24 bits per heavy atom. The molecule has 0 fully saturated rings. The fraction of sp³-hybridized carbons (Fsp3) is 0.417. The molecule has 2 aromatic rings. The van der Waals surface area contributed by atoms with Crippen molar-refractivity contribution in [1.82, 2.24) is 10.2 Å². The smallest absolute Gasteiger partial charge is 0.354 e. The second-order valence-corrected chi connectivity index (χ2v) is 11.7. The molecule has 2 aromatic carbocycles. The minimum Gasteiger partial charge on any atom is -0.354 e. The van der Waals surface area contributed by atoms with Crippen molar-refractivity contribution in [3.05, 3.63) is 63.6 Å². The summed E-state index contributed by atoms with van der Waals surface area (Å²) in [6, 6.07) is 7.67. The molecule has 0 unspecified atom stereocenters. The number of sulfonamides is 1. The van der Waals surface area contributed by atoms with Crippen LogP contribution in [-0.2, 0) is 32.3 Å². The van der Waals surface area contributed by atoms with Crippen LogP contribution >= 0.6 is 23.2 Å². The van der Waals surface area contributed by atoms with Gasteiger partial charge >= 0.3 is 6.18 Å². The number of hydrogen-bond donors (Lipinski definition) is 1. The van der Waals surface area contributed by atoms with E-state index in [4.69, 9.17) is 23.2 Å². The summed E-state index contributed by atoms with van der Waals surface area (Å²) in [5, 5.41) is 2.81. The number of carbonyl (C=O) groups excluding carboxylic acids is 2. The molecule has 1 N–H and O–H groups in total. The number of hydrogen-bond acceptors (Lipinski definition) is 4. The summed E-state index contributed by atoms with van der Waals surface area (Å²) in [7, 11) is -4.27. The Labute approximate surface area is 224 Å². The van der Waals surface area contributed by atoms with Gasteiger partial charge in [-0.25, -0.2) is 8.42 Å². The van der Waals surface area contributed by atoms with E-state index in [0.29, 0.717) is 33.6 Å². The SMILES string of the molecule is CC(C)CNC(=O)[C@@H](C)N(Cc1cccc(Cl)c1)C(=O)CN(c1cc(C(F)(F)F)ccc1Cl)S(C)(=O)=O. The molecular formula is C24H28Cl2F3N3O4S. The van der Waals surface area contributed by atoms with Crippen LogP contribution in [0, 0.1) is 5.92 Å². The molecule has 7 nitrogen and oxygen atoms in total. The van der Waals surface area contributed by atoms with Crippen LogP contribution in [0.3, 0.4) is 0 Å². The number of anilines is 1. The van der Waals surface area contributed by atoms with Gasteiger partial charge in [-0.1, -0.05) is 49.2 Å². The average molecular weight is 582 g/mol. The van der Waals surface area contributed by atoms with E-state index in [2.05, 4.69) is 5.32 Å².